The minimum atomic E-state index is -4.41. The highest BCUT2D eigenvalue weighted by Crippen LogP contribution is 2.37. The van der Waals surface area contributed by atoms with Crippen LogP contribution >= 0.6 is 0 Å². The normalized spacial score (nSPS) is 26.2. The van der Waals surface area contributed by atoms with Gasteiger partial charge in [0.25, 0.3) is 0 Å². The van der Waals surface area contributed by atoms with Gasteiger partial charge in [-0.15, -0.1) is 0 Å². The van der Waals surface area contributed by atoms with Crippen LogP contribution in [0.3, 0.4) is 0 Å². The molecule has 1 saturated carbocycles. The number of likely N-dealkylation sites (tertiary alicyclic amines) is 1. The van der Waals surface area contributed by atoms with Crippen molar-refractivity contribution in [3.05, 3.63) is 53.5 Å². The molecular weight excluding hydrogens is 525 g/mol. The first-order chi connectivity index (χ1) is 19.0. The standard InChI is InChI=1S/C28H35F3N6O3/c29-28(30,31)20-5-11-33-24(15-20)36-12-6-18(7-13-36)26(39)37-14-8-22(17-37)35-21-3-9-27(40,10-4-21)23-2-1-19(16-34-23)25(32)38/h1-2,5,11,15-16,18,21-22,35,40H,3-4,6-10,12-14,17H2,(H2,32,38). The van der Waals surface area contributed by atoms with Gasteiger partial charge in [-0.2, -0.15) is 13.2 Å². The number of aromatic nitrogens is 2. The number of carbonyl (C=O) groups is 2. The number of alkyl halides is 3. The van der Waals surface area contributed by atoms with Crippen LogP contribution in [0.5, 0.6) is 0 Å². The molecule has 4 heterocycles. The maximum absolute atomic E-state index is 13.2. The number of nitrogens with one attached hydrogen (secondary N) is 1. The Balaban J connectivity index is 1.07. The van der Waals surface area contributed by atoms with Crippen LogP contribution in [0.25, 0.3) is 0 Å². The van der Waals surface area contributed by atoms with Crippen LogP contribution in [0.15, 0.2) is 36.7 Å². The summed E-state index contributed by atoms with van der Waals surface area (Å²) in [7, 11) is 0. The molecule has 1 unspecified atom stereocenters. The Labute approximate surface area is 231 Å². The van der Waals surface area contributed by atoms with Crippen molar-refractivity contribution in [2.45, 2.75) is 68.8 Å². The van der Waals surface area contributed by atoms with E-state index in [9.17, 15) is 27.9 Å². The van der Waals surface area contributed by atoms with Crippen molar-refractivity contribution in [3.63, 3.8) is 0 Å². The van der Waals surface area contributed by atoms with Gasteiger partial charge in [-0.1, -0.05) is 0 Å². The molecule has 2 aromatic rings. The van der Waals surface area contributed by atoms with Crippen molar-refractivity contribution in [2.24, 2.45) is 11.7 Å². The van der Waals surface area contributed by atoms with Gasteiger partial charge >= 0.3 is 6.18 Å². The van der Waals surface area contributed by atoms with E-state index >= 15 is 0 Å². The van der Waals surface area contributed by atoms with E-state index in [0.29, 0.717) is 68.9 Å². The van der Waals surface area contributed by atoms with Crippen LogP contribution in [0.2, 0.25) is 0 Å². The van der Waals surface area contributed by atoms with Gasteiger partial charge in [0.05, 0.1) is 16.8 Å². The maximum atomic E-state index is 13.2. The SMILES string of the molecule is NC(=O)c1ccc(C2(O)CCC(NC3CCN(C(=O)C4CCN(c5cc(C(F)(F)F)ccn5)CC4)C3)CC2)nc1. The smallest absolute Gasteiger partial charge is 0.384 e. The number of primary amides is 1. The summed E-state index contributed by atoms with van der Waals surface area (Å²) >= 11 is 0. The molecule has 2 amide bonds. The van der Waals surface area contributed by atoms with Crippen LogP contribution in [-0.2, 0) is 16.6 Å². The summed E-state index contributed by atoms with van der Waals surface area (Å²) in [6.07, 6.45) is 2.81. The molecule has 2 aromatic heterocycles. The monoisotopic (exact) mass is 560 g/mol. The van der Waals surface area contributed by atoms with E-state index in [-0.39, 0.29) is 23.9 Å². The van der Waals surface area contributed by atoms with Crippen LogP contribution in [-0.4, -0.2) is 70.1 Å². The fraction of sp³-hybridized carbons (Fsp3) is 0.571. The number of piperidine rings is 1. The van der Waals surface area contributed by atoms with Crippen LogP contribution in [0.4, 0.5) is 19.0 Å². The number of aliphatic hydroxyl groups is 1. The van der Waals surface area contributed by atoms with Gasteiger partial charge in [-0.05, 0) is 69.2 Å². The molecular formula is C28H35F3N6O3. The van der Waals surface area contributed by atoms with Crippen LogP contribution in [0.1, 0.15) is 66.6 Å². The molecule has 2 saturated heterocycles. The van der Waals surface area contributed by atoms with Gasteiger partial charge in [-0.3, -0.25) is 14.6 Å². The second-order valence-corrected chi connectivity index (χ2v) is 11.2. The van der Waals surface area contributed by atoms with Crippen molar-refractivity contribution in [3.8, 4) is 0 Å². The van der Waals surface area contributed by atoms with E-state index in [1.54, 1.807) is 12.1 Å². The van der Waals surface area contributed by atoms with E-state index in [4.69, 9.17) is 5.73 Å². The highest BCUT2D eigenvalue weighted by Gasteiger charge is 2.39. The molecule has 2 aliphatic heterocycles. The Bertz CT molecular complexity index is 1210. The van der Waals surface area contributed by atoms with E-state index in [2.05, 4.69) is 15.3 Å². The molecule has 9 nitrogen and oxygen atoms in total. The van der Waals surface area contributed by atoms with Gasteiger partial charge in [0, 0.05) is 56.6 Å². The Morgan fingerprint density at radius 1 is 1.00 bits per heavy atom. The Morgan fingerprint density at radius 3 is 2.35 bits per heavy atom. The molecule has 0 radical (unpaired) electrons. The third-order valence-electron chi connectivity index (χ3n) is 8.55. The van der Waals surface area contributed by atoms with Gasteiger partial charge < -0.3 is 26.0 Å². The number of amides is 2. The van der Waals surface area contributed by atoms with Gasteiger partial charge in [0.15, 0.2) is 0 Å². The minimum Gasteiger partial charge on any atom is -0.384 e. The van der Waals surface area contributed by atoms with E-state index in [0.717, 1.165) is 31.4 Å². The number of hydrogen-bond acceptors (Lipinski definition) is 7. The number of hydrogen-bond donors (Lipinski definition) is 3. The summed E-state index contributed by atoms with van der Waals surface area (Å²) in [6.45, 7) is 2.29. The lowest BCUT2D eigenvalue weighted by atomic mass is 9.79. The molecule has 3 aliphatic rings. The number of pyridine rings is 2. The molecule has 0 bridgehead atoms. The van der Waals surface area contributed by atoms with Crippen LogP contribution in [0, 0.1) is 5.92 Å². The molecule has 5 rings (SSSR count). The summed E-state index contributed by atoms with van der Waals surface area (Å²) < 4.78 is 39.2. The number of anilines is 1. The quantitative estimate of drug-likeness (QED) is 0.496. The predicted molar refractivity (Wildman–Crippen MR) is 141 cm³/mol. The lowest BCUT2D eigenvalue weighted by Gasteiger charge is -2.37. The predicted octanol–water partition coefficient (Wildman–Crippen LogP) is 2.83. The van der Waals surface area contributed by atoms with E-state index < -0.39 is 23.2 Å². The first-order valence-corrected chi connectivity index (χ1v) is 13.8. The summed E-state index contributed by atoms with van der Waals surface area (Å²) in [6, 6.07) is 5.70. The molecule has 0 spiro atoms. The Morgan fingerprint density at radius 2 is 1.73 bits per heavy atom. The maximum Gasteiger partial charge on any atom is 0.416 e. The average molecular weight is 561 g/mol. The topological polar surface area (TPSA) is 125 Å². The van der Waals surface area contributed by atoms with Crippen LogP contribution < -0.4 is 16.0 Å². The molecule has 12 heteroatoms. The summed E-state index contributed by atoms with van der Waals surface area (Å²) in [5.74, 6) is -0.284. The lowest BCUT2D eigenvalue weighted by Crippen LogP contribution is -2.46. The number of halogens is 3. The molecule has 3 fully saturated rings. The minimum absolute atomic E-state index is 0.115. The van der Waals surface area contributed by atoms with Gasteiger partial charge in [-0.25, -0.2) is 4.98 Å². The largest absolute Gasteiger partial charge is 0.416 e. The summed E-state index contributed by atoms with van der Waals surface area (Å²) in [5, 5.41) is 14.8. The highest BCUT2D eigenvalue weighted by atomic mass is 19.4. The van der Waals surface area contributed by atoms with Crippen molar-refractivity contribution in [1.29, 1.82) is 0 Å². The summed E-state index contributed by atoms with van der Waals surface area (Å²) in [4.78, 5) is 36.6. The fourth-order valence-electron chi connectivity index (χ4n) is 6.14. The Hall–Kier alpha value is -3.25. The van der Waals surface area contributed by atoms with Crippen molar-refractivity contribution >= 4 is 17.6 Å². The number of nitrogens with two attached hydrogens (primary N) is 1. The molecule has 1 atom stereocenters. The molecule has 40 heavy (non-hydrogen) atoms. The highest BCUT2D eigenvalue weighted by molar-refractivity contribution is 5.92. The molecule has 4 N–H and O–H groups in total. The number of rotatable bonds is 6. The first-order valence-electron chi connectivity index (χ1n) is 13.8. The molecule has 1 aliphatic carbocycles. The second kappa shape index (κ2) is 11.3. The van der Waals surface area contributed by atoms with Crippen molar-refractivity contribution in [1.82, 2.24) is 20.2 Å². The third-order valence-corrected chi connectivity index (χ3v) is 8.55. The Kier molecular flexibility index (Phi) is 8.01. The van der Waals surface area contributed by atoms with Gasteiger partial charge in [0.2, 0.25) is 11.8 Å². The zero-order chi connectivity index (χ0) is 28.5. The lowest BCUT2D eigenvalue weighted by molar-refractivity contribution is -0.137. The number of carbonyl (C=O) groups excluding carboxylic acids is 2. The molecule has 216 valence electrons. The third kappa shape index (κ3) is 6.22. The molecule has 0 aromatic carbocycles. The van der Waals surface area contributed by atoms with E-state index in [1.165, 1.54) is 12.4 Å². The number of nitrogens with zero attached hydrogens (tertiary/aromatic N) is 4. The van der Waals surface area contributed by atoms with Crippen molar-refractivity contribution in [2.75, 3.05) is 31.1 Å². The fourth-order valence-corrected chi connectivity index (χ4v) is 6.14. The summed E-state index contributed by atoms with van der Waals surface area (Å²) in [5.41, 5.74) is 4.37. The van der Waals surface area contributed by atoms with E-state index in [1.807, 2.05) is 9.80 Å². The zero-order valence-electron chi connectivity index (χ0n) is 22.2. The second-order valence-electron chi connectivity index (χ2n) is 11.2. The van der Waals surface area contributed by atoms with Crippen molar-refractivity contribution < 1.29 is 27.9 Å². The average Bonchev–Trinajstić information content (AvgIpc) is 3.42. The first kappa shape index (κ1) is 28.3. The zero-order valence-corrected chi connectivity index (χ0v) is 22.2. The van der Waals surface area contributed by atoms with Gasteiger partial charge in [0.1, 0.15) is 11.4 Å².